The zero-order chi connectivity index (χ0) is 19.2. The van der Waals surface area contributed by atoms with Crippen molar-refractivity contribution in [1.82, 2.24) is 9.80 Å². The van der Waals surface area contributed by atoms with Gasteiger partial charge in [-0.1, -0.05) is 76.2 Å². The van der Waals surface area contributed by atoms with Gasteiger partial charge in [-0.05, 0) is 17.7 Å². The average molecular weight is 356 g/mol. The number of amides is 2. The lowest BCUT2D eigenvalue weighted by Gasteiger charge is -2.34. The van der Waals surface area contributed by atoms with Gasteiger partial charge in [-0.3, -0.25) is 4.90 Å². The molecule has 1 N–H and O–H groups in total. The average Bonchev–Trinajstić information content (AvgIpc) is 2.73. The lowest BCUT2D eigenvalue weighted by Crippen LogP contribution is -2.49. The Bertz CT molecular complexity index is 593. The molecule has 0 spiro atoms. The van der Waals surface area contributed by atoms with Gasteiger partial charge >= 0.3 is 6.03 Å². The quantitative estimate of drug-likeness (QED) is 0.832. The van der Waals surface area contributed by atoms with Gasteiger partial charge in [0.2, 0.25) is 0 Å². The third kappa shape index (κ3) is 7.28. The van der Waals surface area contributed by atoms with Crippen LogP contribution >= 0.6 is 0 Å². The molecule has 0 unspecified atom stereocenters. The highest BCUT2D eigenvalue weighted by molar-refractivity contribution is 5.89. The van der Waals surface area contributed by atoms with Crippen molar-refractivity contribution < 1.29 is 4.79 Å². The van der Waals surface area contributed by atoms with E-state index in [1.54, 1.807) is 0 Å². The largest absolute Gasteiger partial charge is 0.322 e. The Morgan fingerprint density at radius 2 is 1.31 bits per heavy atom. The molecule has 0 atom stereocenters. The summed E-state index contributed by atoms with van der Waals surface area (Å²) in [7, 11) is 0. The molecule has 1 saturated heterocycles. The van der Waals surface area contributed by atoms with E-state index >= 15 is 0 Å². The second-order valence-corrected chi connectivity index (χ2v) is 5.54. The molecule has 0 aromatic heterocycles. The second kappa shape index (κ2) is 13.0. The number of urea groups is 1. The number of hydrogen-bond donors (Lipinski definition) is 1. The summed E-state index contributed by atoms with van der Waals surface area (Å²) in [5, 5.41) is 2.94. The molecule has 3 rings (SSSR count). The number of nitrogens with one attached hydrogen (secondary N) is 1. The Kier molecular flexibility index (Phi) is 10.8. The predicted molar refractivity (Wildman–Crippen MR) is 111 cm³/mol. The molecule has 4 nitrogen and oxygen atoms in total. The van der Waals surface area contributed by atoms with Crippen molar-refractivity contribution in [2.75, 3.05) is 31.5 Å². The number of benzene rings is 2. The first-order valence-corrected chi connectivity index (χ1v) is 9.68. The van der Waals surface area contributed by atoms with Crippen molar-refractivity contribution in [3.8, 4) is 0 Å². The molecular formula is C22H33N3O. The summed E-state index contributed by atoms with van der Waals surface area (Å²) in [4.78, 5) is 16.5. The summed E-state index contributed by atoms with van der Waals surface area (Å²) in [5.74, 6) is 0. The molecule has 4 heteroatoms. The topological polar surface area (TPSA) is 35.6 Å². The summed E-state index contributed by atoms with van der Waals surface area (Å²) in [6, 6.07) is 20.1. The molecule has 1 heterocycles. The Morgan fingerprint density at radius 1 is 0.808 bits per heavy atom. The third-order valence-corrected chi connectivity index (χ3v) is 3.93. The first kappa shape index (κ1) is 21.7. The fourth-order valence-electron chi connectivity index (χ4n) is 2.67. The van der Waals surface area contributed by atoms with E-state index in [-0.39, 0.29) is 6.03 Å². The summed E-state index contributed by atoms with van der Waals surface area (Å²) < 4.78 is 0. The van der Waals surface area contributed by atoms with Gasteiger partial charge in [0.05, 0.1) is 0 Å². The number of rotatable bonds is 3. The molecule has 0 aliphatic carbocycles. The van der Waals surface area contributed by atoms with Crippen molar-refractivity contribution >= 4 is 11.7 Å². The predicted octanol–water partition coefficient (Wildman–Crippen LogP) is 5.09. The minimum Gasteiger partial charge on any atom is -0.322 e. The summed E-state index contributed by atoms with van der Waals surface area (Å²) >= 11 is 0. The highest BCUT2D eigenvalue weighted by atomic mass is 16.2. The lowest BCUT2D eigenvalue weighted by atomic mass is 10.2. The molecule has 0 radical (unpaired) electrons. The minimum atomic E-state index is -0.00874. The molecule has 1 fully saturated rings. The maximum atomic E-state index is 12.2. The van der Waals surface area contributed by atoms with E-state index in [1.165, 1.54) is 5.56 Å². The number of carbonyl (C=O) groups excluding carboxylic acids is 1. The van der Waals surface area contributed by atoms with Crippen molar-refractivity contribution in [3.63, 3.8) is 0 Å². The maximum Gasteiger partial charge on any atom is 0.321 e. The van der Waals surface area contributed by atoms with Gasteiger partial charge < -0.3 is 10.2 Å². The number of piperazine rings is 1. The van der Waals surface area contributed by atoms with Crippen molar-refractivity contribution in [2.45, 2.75) is 34.2 Å². The molecule has 1 aliphatic heterocycles. The fraction of sp³-hybridized carbons (Fsp3) is 0.409. The van der Waals surface area contributed by atoms with E-state index in [0.29, 0.717) is 0 Å². The summed E-state index contributed by atoms with van der Waals surface area (Å²) in [5.41, 5.74) is 2.17. The standard InChI is InChI=1S/C18H21N3O.2C2H6/c22-18(19-17-9-5-2-6-10-17)21-13-11-20(12-14-21)15-16-7-3-1-4-8-16;2*1-2/h1-10H,11-15H2,(H,19,22);2*1-2H3. The molecule has 0 bridgehead atoms. The van der Waals surface area contributed by atoms with Crippen LogP contribution in [-0.2, 0) is 6.54 Å². The van der Waals surface area contributed by atoms with Crippen LogP contribution in [0.2, 0.25) is 0 Å². The Hall–Kier alpha value is -2.33. The first-order valence-electron chi connectivity index (χ1n) is 9.68. The van der Waals surface area contributed by atoms with Gasteiger partial charge in [0.25, 0.3) is 0 Å². The number of hydrogen-bond acceptors (Lipinski definition) is 2. The van der Waals surface area contributed by atoms with E-state index in [1.807, 2.05) is 69.0 Å². The summed E-state index contributed by atoms with van der Waals surface area (Å²) in [6.07, 6.45) is 0. The Morgan fingerprint density at radius 3 is 1.85 bits per heavy atom. The van der Waals surface area contributed by atoms with Crippen molar-refractivity contribution in [2.24, 2.45) is 0 Å². The van der Waals surface area contributed by atoms with Gasteiger partial charge in [-0.2, -0.15) is 0 Å². The van der Waals surface area contributed by atoms with Crippen LogP contribution < -0.4 is 5.32 Å². The van der Waals surface area contributed by atoms with Crippen LogP contribution in [0.25, 0.3) is 0 Å². The lowest BCUT2D eigenvalue weighted by molar-refractivity contribution is 0.143. The van der Waals surface area contributed by atoms with Crippen LogP contribution in [0.4, 0.5) is 10.5 Å². The fourth-order valence-corrected chi connectivity index (χ4v) is 2.67. The van der Waals surface area contributed by atoms with Crippen LogP contribution in [0.5, 0.6) is 0 Å². The van der Waals surface area contributed by atoms with Gasteiger partial charge in [-0.15, -0.1) is 0 Å². The minimum absolute atomic E-state index is 0.00874. The van der Waals surface area contributed by atoms with Gasteiger partial charge in [0, 0.05) is 38.4 Å². The molecule has 142 valence electrons. The maximum absolute atomic E-state index is 12.2. The van der Waals surface area contributed by atoms with Crippen LogP contribution in [0.1, 0.15) is 33.3 Å². The normalized spacial score (nSPS) is 13.6. The Labute approximate surface area is 158 Å². The van der Waals surface area contributed by atoms with Crippen LogP contribution in [-0.4, -0.2) is 42.0 Å². The smallest absolute Gasteiger partial charge is 0.321 e. The van der Waals surface area contributed by atoms with Crippen LogP contribution in [0.15, 0.2) is 60.7 Å². The highest BCUT2D eigenvalue weighted by Crippen LogP contribution is 2.11. The van der Waals surface area contributed by atoms with Crippen molar-refractivity contribution in [1.29, 1.82) is 0 Å². The third-order valence-electron chi connectivity index (χ3n) is 3.93. The zero-order valence-electron chi connectivity index (χ0n) is 16.6. The van der Waals surface area contributed by atoms with E-state index in [2.05, 4.69) is 34.5 Å². The van der Waals surface area contributed by atoms with E-state index < -0.39 is 0 Å². The monoisotopic (exact) mass is 355 g/mol. The Balaban J connectivity index is 0.000000791. The molecule has 2 aromatic carbocycles. The first-order chi connectivity index (χ1) is 12.8. The molecular weight excluding hydrogens is 322 g/mol. The molecule has 0 saturated carbocycles. The van der Waals surface area contributed by atoms with Crippen LogP contribution in [0, 0.1) is 0 Å². The number of carbonyl (C=O) groups is 1. The summed E-state index contributed by atoms with van der Waals surface area (Å²) in [6.45, 7) is 12.3. The van der Waals surface area contributed by atoms with Crippen molar-refractivity contribution in [3.05, 3.63) is 66.2 Å². The SMILES string of the molecule is CC.CC.O=C(Nc1ccccc1)N1CCN(Cc2ccccc2)CC1. The van der Waals surface area contributed by atoms with Gasteiger partial charge in [0.15, 0.2) is 0 Å². The van der Waals surface area contributed by atoms with E-state index in [0.717, 1.165) is 38.4 Å². The zero-order valence-corrected chi connectivity index (χ0v) is 16.6. The highest BCUT2D eigenvalue weighted by Gasteiger charge is 2.20. The van der Waals surface area contributed by atoms with Gasteiger partial charge in [0.1, 0.15) is 0 Å². The van der Waals surface area contributed by atoms with Crippen LogP contribution in [0.3, 0.4) is 0 Å². The van der Waals surface area contributed by atoms with E-state index in [9.17, 15) is 4.79 Å². The molecule has 2 aromatic rings. The number of nitrogens with zero attached hydrogens (tertiary/aromatic N) is 2. The molecule has 1 aliphatic rings. The number of para-hydroxylation sites is 1. The van der Waals surface area contributed by atoms with Gasteiger partial charge in [-0.25, -0.2) is 4.79 Å². The second-order valence-electron chi connectivity index (χ2n) is 5.54. The van der Waals surface area contributed by atoms with E-state index in [4.69, 9.17) is 0 Å². The molecule has 2 amide bonds. The molecule has 26 heavy (non-hydrogen) atoms. The number of anilines is 1.